The molecule has 0 saturated heterocycles. The Kier molecular flexibility index (Phi) is 2.32. The van der Waals surface area contributed by atoms with Gasteiger partial charge in [-0.05, 0) is 6.07 Å². The summed E-state index contributed by atoms with van der Waals surface area (Å²) in [5.74, 6) is -0.0614. The van der Waals surface area contributed by atoms with Gasteiger partial charge < -0.3 is 10.6 Å². The fourth-order valence-corrected chi connectivity index (χ4v) is 2.44. The van der Waals surface area contributed by atoms with Crippen LogP contribution in [-0.2, 0) is 0 Å². The summed E-state index contributed by atoms with van der Waals surface area (Å²) in [6, 6.07) is 1.83. The number of aromatic nitrogens is 1. The standard InChI is InChI=1S/C10H11N3OS/c1-13(2)10(14)9-8(11)6-3-4-12-5-7(6)15-9/h3-5H,11H2,1-2H3. The normalized spacial score (nSPS) is 10.5. The zero-order chi connectivity index (χ0) is 11.0. The summed E-state index contributed by atoms with van der Waals surface area (Å²) >= 11 is 1.38. The third-order valence-corrected chi connectivity index (χ3v) is 3.28. The number of carbonyl (C=O) groups is 1. The Morgan fingerprint density at radius 1 is 1.53 bits per heavy atom. The van der Waals surface area contributed by atoms with Crippen molar-refractivity contribution in [2.24, 2.45) is 0 Å². The van der Waals surface area contributed by atoms with Gasteiger partial charge in [-0.3, -0.25) is 9.78 Å². The van der Waals surface area contributed by atoms with Crippen LogP contribution in [0, 0.1) is 0 Å². The van der Waals surface area contributed by atoms with Crippen LogP contribution in [0.1, 0.15) is 9.67 Å². The van der Waals surface area contributed by atoms with Crippen molar-refractivity contribution in [3.8, 4) is 0 Å². The van der Waals surface area contributed by atoms with E-state index in [0.717, 1.165) is 10.1 Å². The van der Waals surface area contributed by atoms with E-state index >= 15 is 0 Å². The molecule has 0 aromatic carbocycles. The van der Waals surface area contributed by atoms with Crippen molar-refractivity contribution in [2.75, 3.05) is 19.8 Å². The van der Waals surface area contributed by atoms with E-state index in [-0.39, 0.29) is 5.91 Å². The highest BCUT2D eigenvalue weighted by Crippen LogP contribution is 2.33. The Balaban J connectivity index is 2.63. The zero-order valence-corrected chi connectivity index (χ0v) is 9.34. The Labute approximate surface area is 91.3 Å². The van der Waals surface area contributed by atoms with E-state index in [9.17, 15) is 4.79 Å². The summed E-state index contributed by atoms with van der Waals surface area (Å²) in [6.45, 7) is 0. The Bertz CT molecular complexity index is 518. The van der Waals surface area contributed by atoms with Gasteiger partial charge in [0, 0.05) is 31.9 Å². The number of hydrogen-bond acceptors (Lipinski definition) is 4. The minimum Gasteiger partial charge on any atom is -0.397 e. The first-order chi connectivity index (χ1) is 7.11. The van der Waals surface area contributed by atoms with Crippen LogP contribution in [-0.4, -0.2) is 29.9 Å². The molecule has 1 amide bonds. The molecule has 2 heterocycles. The number of nitrogens with zero attached hydrogens (tertiary/aromatic N) is 2. The minimum atomic E-state index is -0.0614. The lowest BCUT2D eigenvalue weighted by Crippen LogP contribution is -2.21. The van der Waals surface area contributed by atoms with E-state index < -0.39 is 0 Å². The van der Waals surface area contributed by atoms with Crippen LogP contribution in [0.3, 0.4) is 0 Å². The van der Waals surface area contributed by atoms with Crippen LogP contribution in [0.5, 0.6) is 0 Å². The first kappa shape index (κ1) is 9.92. The number of anilines is 1. The molecule has 2 N–H and O–H groups in total. The predicted octanol–water partition coefficient (Wildman–Crippen LogP) is 1.58. The van der Waals surface area contributed by atoms with Crippen LogP contribution in [0.15, 0.2) is 18.5 Å². The molecule has 2 rings (SSSR count). The number of fused-ring (bicyclic) bond motifs is 1. The van der Waals surface area contributed by atoms with Gasteiger partial charge in [-0.25, -0.2) is 0 Å². The van der Waals surface area contributed by atoms with Gasteiger partial charge in [-0.1, -0.05) is 0 Å². The van der Waals surface area contributed by atoms with Crippen LogP contribution in [0.25, 0.3) is 10.1 Å². The summed E-state index contributed by atoms with van der Waals surface area (Å²) in [4.78, 5) is 17.9. The molecule has 0 saturated carbocycles. The van der Waals surface area contributed by atoms with Gasteiger partial charge >= 0.3 is 0 Å². The van der Waals surface area contributed by atoms with Gasteiger partial charge in [-0.2, -0.15) is 0 Å². The lowest BCUT2D eigenvalue weighted by molar-refractivity contribution is 0.0833. The molecule has 0 bridgehead atoms. The first-order valence-corrected chi connectivity index (χ1v) is 5.26. The van der Waals surface area contributed by atoms with Crippen molar-refractivity contribution < 1.29 is 4.79 Å². The SMILES string of the molecule is CN(C)C(=O)c1sc2cnccc2c1N. The highest BCUT2D eigenvalue weighted by Gasteiger charge is 2.17. The van der Waals surface area contributed by atoms with Crippen LogP contribution >= 0.6 is 11.3 Å². The summed E-state index contributed by atoms with van der Waals surface area (Å²) in [5.41, 5.74) is 6.46. The molecule has 0 spiro atoms. The number of pyridine rings is 1. The number of rotatable bonds is 1. The number of amides is 1. The molecule has 5 heteroatoms. The number of carbonyl (C=O) groups excluding carboxylic acids is 1. The van der Waals surface area contributed by atoms with Crippen molar-refractivity contribution in [1.29, 1.82) is 0 Å². The lowest BCUT2D eigenvalue weighted by atomic mass is 10.2. The van der Waals surface area contributed by atoms with Crippen molar-refractivity contribution in [2.45, 2.75) is 0 Å². The maximum atomic E-state index is 11.8. The molecule has 0 aliphatic rings. The molecule has 78 valence electrons. The molecule has 0 unspecified atom stereocenters. The molecular formula is C10H11N3OS. The van der Waals surface area contributed by atoms with Crippen molar-refractivity contribution in [3.05, 3.63) is 23.3 Å². The Morgan fingerprint density at radius 3 is 2.87 bits per heavy atom. The smallest absolute Gasteiger partial charge is 0.265 e. The second-order valence-electron chi connectivity index (χ2n) is 3.42. The second kappa shape index (κ2) is 3.51. The largest absolute Gasteiger partial charge is 0.397 e. The van der Waals surface area contributed by atoms with Gasteiger partial charge in [0.1, 0.15) is 4.88 Å². The van der Waals surface area contributed by atoms with Crippen LogP contribution in [0.2, 0.25) is 0 Å². The molecule has 0 aliphatic heterocycles. The third kappa shape index (κ3) is 1.55. The van der Waals surface area contributed by atoms with Gasteiger partial charge in [0.05, 0.1) is 10.4 Å². The van der Waals surface area contributed by atoms with E-state index in [4.69, 9.17) is 5.73 Å². The number of thiophene rings is 1. The summed E-state index contributed by atoms with van der Waals surface area (Å²) in [7, 11) is 3.43. The fraction of sp³-hybridized carbons (Fsp3) is 0.200. The zero-order valence-electron chi connectivity index (χ0n) is 8.52. The number of hydrogen-bond donors (Lipinski definition) is 1. The minimum absolute atomic E-state index is 0.0614. The van der Waals surface area contributed by atoms with Crippen LogP contribution < -0.4 is 5.73 Å². The van der Waals surface area contributed by atoms with E-state index in [2.05, 4.69) is 4.98 Å². The molecule has 0 radical (unpaired) electrons. The Morgan fingerprint density at radius 2 is 2.27 bits per heavy atom. The van der Waals surface area contributed by atoms with E-state index in [1.165, 1.54) is 16.2 Å². The highest BCUT2D eigenvalue weighted by molar-refractivity contribution is 7.21. The van der Waals surface area contributed by atoms with E-state index in [1.807, 2.05) is 6.07 Å². The number of nitrogen functional groups attached to an aromatic ring is 1. The van der Waals surface area contributed by atoms with E-state index in [1.54, 1.807) is 26.5 Å². The average Bonchev–Trinajstić information content (AvgIpc) is 2.56. The molecular weight excluding hydrogens is 210 g/mol. The maximum absolute atomic E-state index is 11.8. The topological polar surface area (TPSA) is 59.2 Å². The van der Waals surface area contributed by atoms with E-state index in [0.29, 0.717) is 10.6 Å². The maximum Gasteiger partial charge on any atom is 0.265 e. The molecule has 0 atom stereocenters. The molecule has 0 fully saturated rings. The third-order valence-electron chi connectivity index (χ3n) is 2.13. The number of nitrogens with two attached hydrogens (primary N) is 1. The fourth-order valence-electron chi connectivity index (χ4n) is 1.33. The van der Waals surface area contributed by atoms with Gasteiger partial charge in [0.2, 0.25) is 0 Å². The molecule has 4 nitrogen and oxygen atoms in total. The molecule has 0 aliphatic carbocycles. The quantitative estimate of drug-likeness (QED) is 0.795. The Hall–Kier alpha value is -1.62. The predicted molar refractivity (Wildman–Crippen MR) is 62.0 cm³/mol. The summed E-state index contributed by atoms with van der Waals surface area (Å²) in [5, 5.41) is 0.903. The molecule has 15 heavy (non-hydrogen) atoms. The molecule has 2 aromatic heterocycles. The lowest BCUT2D eigenvalue weighted by Gasteiger charge is -2.08. The van der Waals surface area contributed by atoms with Gasteiger partial charge in [0.25, 0.3) is 5.91 Å². The van der Waals surface area contributed by atoms with Crippen molar-refractivity contribution >= 4 is 33.0 Å². The van der Waals surface area contributed by atoms with Crippen molar-refractivity contribution in [1.82, 2.24) is 9.88 Å². The molecule has 2 aromatic rings. The highest BCUT2D eigenvalue weighted by atomic mass is 32.1. The monoisotopic (exact) mass is 221 g/mol. The second-order valence-corrected chi connectivity index (χ2v) is 4.47. The first-order valence-electron chi connectivity index (χ1n) is 4.45. The van der Waals surface area contributed by atoms with Gasteiger partial charge in [-0.15, -0.1) is 11.3 Å². The average molecular weight is 221 g/mol. The van der Waals surface area contributed by atoms with Gasteiger partial charge in [0.15, 0.2) is 0 Å². The van der Waals surface area contributed by atoms with Crippen molar-refractivity contribution in [3.63, 3.8) is 0 Å². The van der Waals surface area contributed by atoms with Crippen LogP contribution in [0.4, 0.5) is 5.69 Å². The summed E-state index contributed by atoms with van der Waals surface area (Å²) in [6.07, 6.45) is 3.40. The summed E-state index contributed by atoms with van der Waals surface area (Å²) < 4.78 is 0.945.